The van der Waals surface area contributed by atoms with Crippen molar-refractivity contribution in [3.8, 4) is 0 Å². The van der Waals surface area contributed by atoms with Crippen molar-refractivity contribution in [2.24, 2.45) is 5.92 Å². The summed E-state index contributed by atoms with van der Waals surface area (Å²) in [4.78, 5) is 0. The molecule has 0 amide bonds. The number of anilines is 1. The zero-order valence-corrected chi connectivity index (χ0v) is 9.68. The van der Waals surface area contributed by atoms with E-state index < -0.39 is 0 Å². The number of rotatable bonds is 5. The Labute approximate surface area is 95.3 Å². The molecule has 4 heteroatoms. The van der Waals surface area contributed by atoms with Crippen LogP contribution in [0.4, 0.5) is 5.69 Å². The van der Waals surface area contributed by atoms with E-state index >= 15 is 0 Å². The minimum atomic E-state index is 0.613. The molecule has 16 heavy (non-hydrogen) atoms. The zero-order valence-electron chi connectivity index (χ0n) is 9.68. The fraction of sp³-hybridized carbons (Fsp3) is 0.417. The minimum Gasteiger partial charge on any atom is -0.472 e. The second-order valence-electron chi connectivity index (χ2n) is 4.33. The molecule has 0 saturated carbocycles. The quantitative estimate of drug-likeness (QED) is 0.840. The smallest absolute Gasteiger partial charge is 0.0952 e. The highest BCUT2D eigenvalue weighted by molar-refractivity contribution is 5.38. The molecule has 0 radical (unpaired) electrons. The van der Waals surface area contributed by atoms with E-state index in [1.807, 2.05) is 23.1 Å². The molecule has 2 aromatic rings. The van der Waals surface area contributed by atoms with Crippen molar-refractivity contribution < 1.29 is 4.42 Å². The Morgan fingerprint density at radius 1 is 1.50 bits per heavy atom. The molecule has 0 aliphatic rings. The van der Waals surface area contributed by atoms with Crippen LogP contribution < -0.4 is 5.32 Å². The van der Waals surface area contributed by atoms with Crippen LogP contribution in [-0.4, -0.2) is 9.78 Å². The molecule has 0 fully saturated rings. The summed E-state index contributed by atoms with van der Waals surface area (Å²) in [5.74, 6) is 0.613. The van der Waals surface area contributed by atoms with E-state index in [0.29, 0.717) is 5.92 Å². The van der Waals surface area contributed by atoms with Crippen molar-refractivity contribution in [3.05, 3.63) is 36.5 Å². The molecule has 0 atom stereocenters. The Balaban J connectivity index is 1.88. The molecule has 86 valence electrons. The van der Waals surface area contributed by atoms with Crippen LogP contribution in [0.3, 0.4) is 0 Å². The number of aromatic nitrogens is 2. The van der Waals surface area contributed by atoms with Crippen LogP contribution in [0.15, 0.2) is 35.4 Å². The summed E-state index contributed by atoms with van der Waals surface area (Å²) in [5.41, 5.74) is 2.18. The Morgan fingerprint density at radius 3 is 3.06 bits per heavy atom. The van der Waals surface area contributed by atoms with Gasteiger partial charge in [-0.15, -0.1) is 0 Å². The Morgan fingerprint density at radius 2 is 2.38 bits per heavy atom. The first-order chi connectivity index (χ1) is 7.74. The maximum Gasteiger partial charge on any atom is 0.0952 e. The van der Waals surface area contributed by atoms with Gasteiger partial charge < -0.3 is 9.73 Å². The highest BCUT2D eigenvalue weighted by Crippen LogP contribution is 2.09. The minimum absolute atomic E-state index is 0.613. The highest BCUT2D eigenvalue weighted by Gasteiger charge is 2.00. The number of nitrogens with one attached hydrogen (secondary N) is 1. The van der Waals surface area contributed by atoms with Crippen LogP contribution in [0.2, 0.25) is 0 Å². The fourth-order valence-corrected chi connectivity index (χ4v) is 1.53. The summed E-state index contributed by atoms with van der Waals surface area (Å²) in [6.07, 6.45) is 7.30. The first-order valence-electron chi connectivity index (χ1n) is 5.51. The lowest BCUT2D eigenvalue weighted by atomic mass is 10.2. The molecule has 0 unspecified atom stereocenters. The van der Waals surface area contributed by atoms with E-state index in [9.17, 15) is 0 Å². The van der Waals surface area contributed by atoms with Gasteiger partial charge in [0.25, 0.3) is 0 Å². The summed E-state index contributed by atoms with van der Waals surface area (Å²) < 4.78 is 6.96. The maximum absolute atomic E-state index is 5.00. The summed E-state index contributed by atoms with van der Waals surface area (Å²) in [6, 6.07) is 1.95. The van der Waals surface area contributed by atoms with Gasteiger partial charge in [-0.25, -0.2) is 0 Å². The molecule has 0 aromatic carbocycles. The van der Waals surface area contributed by atoms with E-state index in [1.54, 1.807) is 12.5 Å². The molecule has 1 N–H and O–H groups in total. The topological polar surface area (TPSA) is 43.0 Å². The molecule has 2 heterocycles. The molecule has 2 rings (SSSR count). The van der Waals surface area contributed by atoms with Gasteiger partial charge in [-0.3, -0.25) is 4.68 Å². The van der Waals surface area contributed by atoms with Gasteiger partial charge in [0.05, 0.1) is 24.4 Å². The molecule has 2 aromatic heterocycles. The fourth-order valence-electron chi connectivity index (χ4n) is 1.53. The van der Waals surface area contributed by atoms with E-state index in [0.717, 1.165) is 24.3 Å². The van der Waals surface area contributed by atoms with Gasteiger partial charge in [-0.05, 0) is 12.0 Å². The van der Waals surface area contributed by atoms with E-state index in [2.05, 4.69) is 24.3 Å². The predicted molar refractivity (Wildman–Crippen MR) is 63.1 cm³/mol. The first kappa shape index (κ1) is 10.8. The van der Waals surface area contributed by atoms with Gasteiger partial charge in [0.15, 0.2) is 0 Å². The first-order valence-corrected chi connectivity index (χ1v) is 5.51. The monoisotopic (exact) mass is 219 g/mol. The standard InChI is InChI=1S/C12H17N3O/c1-10(2)7-15-8-12(6-14-15)13-5-11-3-4-16-9-11/h3-4,6,8-10,13H,5,7H2,1-2H3. The lowest BCUT2D eigenvalue weighted by molar-refractivity contribution is 0.483. The van der Waals surface area contributed by atoms with Crippen molar-refractivity contribution in [1.29, 1.82) is 0 Å². The van der Waals surface area contributed by atoms with Crippen LogP contribution in [0.25, 0.3) is 0 Å². The van der Waals surface area contributed by atoms with Gasteiger partial charge in [0.1, 0.15) is 0 Å². The van der Waals surface area contributed by atoms with Crippen LogP contribution in [0.5, 0.6) is 0 Å². The number of furan rings is 1. The SMILES string of the molecule is CC(C)Cn1cc(NCc2ccoc2)cn1. The lowest BCUT2D eigenvalue weighted by Gasteiger charge is -2.03. The van der Waals surface area contributed by atoms with Gasteiger partial charge in [-0.2, -0.15) is 5.10 Å². The van der Waals surface area contributed by atoms with Gasteiger partial charge in [-0.1, -0.05) is 13.8 Å². The van der Waals surface area contributed by atoms with Crippen molar-refractivity contribution >= 4 is 5.69 Å². The van der Waals surface area contributed by atoms with E-state index in [1.165, 1.54) is 0 Å². The Hall–Kier alpha value is -1.71. The summed E-state index contributed by atoms with van der Waals surface area (Å²) in [7, 11) is 0. The lowest BCUT2D eigenvalue weighted by Crippen LogP contribution is -2.04. The molecule has 0 aliphatic heterocycles. The average molecular weight is 219 g/mol. The van der Waals surface area contributed by atoms with Gasteiger partial charge in [0, 0.05) is 24.8 Å². The number of hydrogen-bond donors (Lipinski definition) is 1. The van der Waals surface area contributed by atoms with Crippen molar-refractivity contribution in [2.75, 3.05) is 5.32 Å². The summed E-state index contributed by atoms with van der Waals surface area (Å²) in [6.45, 7) is 6.08. The van der Waals surface area contributed by atoms with Crippen LogP contribution >= 0.6 is 0 Å². The van der Waals surface area contributed by atoms with Crippen LogP contribution in [0, 0.1) is 5.92 Å². The van der Waals surface area contributed by atoms with Crippen molar-refractivity contribution in [1.82, 2.24) is 9.78 Å². The largest absolute Gasteiger partial charge is 0.472 e. The summed E-state index contributed by atoms with van der Waals surface area (Å²) >= 11 is 0. The van der Waals surface area contributed by atoms with E-state index in [-0.39, 0.29) is 0 Å². The van der Waals surface area contributed by atoms with Crippen LogP contribution in [0.1, 0.15) is 19.4 Å². The molecule has 4 nitrogen and oxygen atoms in total. The average Bonchev–Trinajstić information content (AvgIpc) is 2.84. The normalized spacial score (nSPS) is 10.9. The van der Waals surface area contributed by atoms with Crippen molar-refractivity contribution in [2.45, 2.75) is 26.9 Å². The maximum atomic E-state index is 5.00. The Bertz CT molecular complexity index is 417. The predicted octanol–water partition coefficient (Wildman–Crippen LogP) is 2.74. The van der Waals surface area contributed by atoms with Gasteiger partial charge in [0.2, 0.25) is 0 Å². The second kappa shape index (κ2) is 4.88. The number of nitrogens with zero attached hydrogens (tertiary/aromatic N) is 2. The van der Waals surface area contributed by atoms with E-state index in [4.69, 9.17) is 4.42 Å². The summed E-state index contributed by atoms with van der Waals surface area (Å²) in [5, 5.41) is 7.58. The molecule has 0 spiro atoms. The third-order valence-corrected chi connectivity index (χ3v) is 2.26. The van der Waals surface area contributed by atoms with Crippen molar-refractivity contribution in [3.63, 3.8) is 0 Å². The highest BCUT2D eigenvalue weighted by atomic mass is 16.3. The third kappa shape index (κ3) is 2.89. The second-order valence-corrected chi connectivity index (χ2v) is 4.33. The molecular formula is C12H17N3O. The Kier molecular flexibility index (Phi) is 3.29. The van der Waals surface area contributed by atoms with Crippen LogP contribution in [-0.2, 0) is 13.1 Å². The number of hydrogen-bond acceptors (Lipinski definition) is 3. The molecule has 0 saturated heterocycles. The third-order valence-electron chi connectivity index (χ3n) is 2.26. The zero-order chi connectivity index (χ0) is 11.4. The van der Waals surface area contributed by atoms with Gasteiger partial charge >= 0.3 is 0 Å². The molecular weight excluding hydrogens is 202 g/mol. The molecule has 0 aliphatic carbocycles. The molecule has 0 bridgehead atoms.